The molecule has 1 unspecified atom stereocenters. The number of rotatable bonds is 3. The molecule has 4 heteroatoms. The minimum absolute atomic E-state index is 0.0330. The van der Waals surface area contributed by atoms with Crippen LogP contribution in [-0.4, -0.2) is 9.13 Å². The van der Waals surface area contributed by atoms with Crippen molar-refractivity contribution in [3.63, 3.8) is 0 Å². The highest BCUT2D eigenvalue weighted by Crippen LogP contribution is 2.45. The minimum Gasteiger partial charge on any atom is -0.454 e. The van der Waals surface area contributed by atoms with Crippen molar-refractivity contribution in [1.29, 1.82) is 5.26 Å². The SMILES string of the molecule is N#CC1=CC=C(c2ccc3oc4c(ccc5c6ccccc6n(C6=CCCC=C6)c54)c3c2)C(n2c3ccccc3c3ccccc32)C1. The number of hydrogen-bond acceptors (Lipinski definition) is 2. The Bertz CT molecular complexity index is 2730. The lowest BCUT2D eigenvalue weighted by Crippen LogP contribution is -2.14. The molecule has 0 N–H and O–H groups in total. The van der Waals surface area contributed by atoms with Crippen LogP contribution in [0.2, 0.25) is 0 Å². The third-order valence-corrected chi connectivity index (χ3v) is 10.1. The van der Waals surface area contributed by atoms with Crippen LogP contribution in [0, 0.1) is 11.3 Å². The number of hydrogen-bond donors (Lipinski definition) is 0. The molecule has 3 heterocycles. The highest BCUT2D eigenvalue weighted by Gasteiger charge is 2.27. The van der Waals surface area contributed by atoms with Gasteiger partial charge in [0.2, 0.25) is 0 Å². The van der Waals surface area contributed by atoms with E-state index in [2.05, 4.69) is 143 Å². The molecular formula is C43H29N3O. The average Bonchev–Trinajstić information content (AvgIpc) is 3.79. The summed E-state index contributed by atoms with van der Waals surface area (Å²) in [4.78, 5) is 0. The molecule has 0 saturated carbocycles. The van der Waals surface area contributed by atoms with Crippen molar-refractivity contribution >= 4 is 76.8 Å². The van der Waals surface area contributed by atoms with Crippen molar-refractivity contribution in [3.8, 4) is 6.07 Å². The first-order chi connectivity index (χ1) is 23.3. The normalized spacial score (nSPS) is 16.7. The summed E-state index contributed by atoms with van der Waals surface area (Å²) in [7, 11) is 0. The smallest absolute Gasteiger partial charge is 0.160 e. The van der Waals surface area contributed by atoms with E-state index in [9.17, 15) is 5.26 Å². The Kier molecular flexibility index (Phi) is 5.56. The first-order valence-electron chi connectivity index (χ1n) is 16.3. The molecule has 0 saturated heterocycles. The van der Waals surface area contributed by atoms with Crippen LogP contribution in [0.1, 0.15) is 30.9 Å². The molecule has 8 aromatic rings. The number of nitrogens with zero attached hydrogens (tertiary/aromatic N) is 3. The van der Waals surface area contributed by atoms with Gasteiger partial charge in [-0.05, 0) is 72.5 Å². The second kappa shape index (κ2) is 9.97. The summed E-state index contributed by atoms with van der Waals surface area (Å²) in [5.41, 5.74) is 10.8. The van der Waals surface area contributed by atoms with E-state index in [0.29, 0.717) is 6.42 Å². The zero-order valence-corrected chi connectivity index (χ0v) is 25.7. The largest absolute Gasteiger partial charge is 0.454 e. The number of benzene rings is 5. The van der Waals surface area contributed by atoms with Crippen LogP contribution in [0.3, 0.4) is 0 Å². The molecule has 0 bridgehead atoms. The Balaban J connectivity index is 1.21. The molecule has 0 radical (unpaired) electrons. The van der Waals surface area contributed by atoms with Crippen molar-refractivity contribution in [2.75, 3.05) is 0 Å². The van der Waals surface area contributed by atoms with Gasteiger partial charge in [-0.2, -0.15) is 5.26 Å². The van der Waals surface area contributed by atoms with Gasteiger partial charge in [0.15, 0.2) is 5.58 Å². The van der Waals surface area contributed by atoms with Crippen LogP contribution in [0.15, 0.2) is 143 Å². The van der Waals surface area contributed by atoms with Gasteiger partial charge in [-0.1, -0.05) is 85.0 Å². The zero-order valence-electron chi connectivity index (χ0n) is 25.7. The average molecular weight is 604 g/mol. The number of nitriles is 1. The molecule has 47 heavy (non-hydrogen) atoms. The molecular weight excluding hydrogens is 574 g/mol. The van der Waals surface area contributed by atoms with E-state index >= 15 is 0 Å². The standard InChI is InChI=1S/C43H29N3O/c44-26-27-18-20-30(40(24-27)46-38-16-8-4-12-31(38)32-13-5-9-17-39(32)46)28-19-23-41-36(25-28)35-22-21-34-33-14-6-7-15-37(33)45(42(34)43(35)47-41)29-10-2-1-3-11-29/h2,4-23,25,40H,1,3,24H2. The Morgan fingerprint density at radius 1 is 0.681 bits per heavy atom. The third-order valence-electron chi connectivity index (χ3n) is 10.1. The van der Waals surface area contributed by atoms with Crippen molar-refractivity contribution in [2.24, 2.45) is 0 Å². The van der Waals surface area contributed by atoms with Crippen molar-refractivity contribution in [1.82, 2.24) is 9.13 Å². The predicted octanol–water partition coefficient (Wildman–Crippen LogP) is 11.5. The Morgan fingerprint density at radius 2 is 1.38 bits per heavy atom. The molecule has 0 spiro atoms. The predicted molar refractivity (Wildman–Crippen MR) is 194 cm³/mol. The second-order valence-electron chi connectivity index (χ2n) is 12.7. The maximum absolute atomic E-state index is 10.00. The lowest BCUT2D eigenvalue weighted by atomic mass is 9.88. The van der Waals surface area contributed by atoms with Gasteiger partial charge in [0, 0.05) is 61.0 Å². The van der Waals surface area contributed by atoms with Gasteiger partial charge in [0.05, 0.1) is 23.1 Å². The van der Waals surface area contributed by atoms with E-state index in [1.807, 2.05) is 6.08 Å². The Labute approximate surface area is 271 Å². The summed E-state index contributed by atoms with van der Waals surface area (Å²) in [6.45, 7) is 0. The summed E-state index contributed by atoms with van der Waals surface area (Å²) < 4.78 is 11.6. The molecule has 0 fully saturated rings. The topological polar surface area (TPSA) is 46.8 Å². The fraction of sp³-hybridized carbons (Fsp3) is 0.0930. The highest BCUT2D eigenvalue weighted by molar-refractivity contribution is 6.22. The van der Waals surface area contributed by atoms with E-state index in [-0.39, 0.29) is 6.04 Å². The minimum atomic E-state index is -0.0330. The summed E-state index contributed by atoms with van der Waals surface area (Å²) in [5, 5.41) is 17.1. The van der Waals surface area contributed by atoms with E-state index in [1.165, 1.54) is 49.4 Å². The fourth-order valence-corrected chi connectivity index (χ4v) is 8.07. The molecule has 1 atom stereocenters. The number of aromatic nitrogens is 2. The maximum atomic E-state index is 10.00. The molecule has 10 rings (SSSR count). The molecule has 2 aliphatic rings. The van der Waals surface area contributed by atoms with Crippen molar-refractivity contribution < 1.29 is 4.42 Å². The van der Waals surface area contributed by atoms with Gasteiger partial charge in [-0.3, -0.25) is 0 Å². The summed E-state index contributed by atoms with van der Waals surface area (Å²) in [6, 6.07) is 39.4. The molecule has 4 nitrogen and oxygen atoms in total. The number of allylic oxidation sites excluding steroid dienone is 8. The molecule has 2 aliphatic carbocycles. The van der Waals surface area contributed by atoms with Crippen LogP contribution >= 0.6 is 0 Å². The highest BCUT2D eigenvalue weighted by atomic mass is 16.3. The van der Waals surface area contributed by atoms with Crippen LogP contribution in [0.4, 0.5) is 0 Å². The van der Waals surface area contributed by atoms with Gasteiger partial charge in [0.1, 0.15) is 5.58 Å². The first kappa shape index (κ1) is 26.2. The lowest BCUT2D eigenvalue weighted by Gasteiger charge is -2.27. The Hall–Kier alpha value is -6.05. The van der Waals surface area contributed by atoms with Crippen LogP contribution in [0.25, 0.3) is 76.8 Å². The summed E-state index contributed by atoms with van der Waals surface area (Å²) >= 11 is 0. The van der Waals surface area contributed by atoms with E-state index < -0.39 is 0 Å². The van der Waals surface area contributed by atoms with Gasteiger partial charge in [-0.15, -0.1) is 0 Å². The summed E-state index contributed by atoms with van der Waals surface area (Å²) in [5.74, 6) is 0. The number of fused-ring (bicyclic) bond motifs is 10. The molecule has 3 aromatic heterocycles. The van der Waals surface area contributed by atoms with Gasteiger partial charge in [0.25, 0.3) is 0 Å². The molecule has 5 aromatic carbocycles. The maximum Gasteiger partial charge on any atom is 0.160 e. The quantitative estimate of drug-likeness (QED) is 0.202. The summed E-state index contributed by atoms with van der Waals surface area (Å²) in [6.07, 6.45) is 13.7. The number of para-hydroxylation sites is 3. The van der Waals surface area contributed by atoms with Gasteiger partial charge >= 0.3 is 0 Å². The molecule has 222 valence electrons. The van der Waals surface area contributed by atoms with Crippen LogP contribution in [-0.2, 0) is 0 Å². The van der Waals surface area contributed by atoms with E-state index in [4.69, 9.17) is 4.42 Å². The Morgan fingerprint density at radius 3 is 2.11 bits per heavy atom. The van der Waals surface area contributed by atoms with Crippen molar-refractivity contribution in [2.45, 2.75) is 25.3 Å². The molecule has 0 amide bonds. The third kappa shape index (κ3) is 3.74. The monoisotopic (exact) mass is 603 g/mol. The fourth-order valence-electron chi connectivity index (χ4n) is 8.07. The van der Waals surface area contributed by atoms with E-state index in [1.54, 1.807) is 0 Å². The first-order valence-corrected chi connectivity index (χ1v) is 16.3. The van der Waals surface area contributed by atoms with Gasteiger partial charge < -0.3 is 13.6 Å². The molecule has 0 aliphatic heterocycles. The van der Waals surface area contributed by atoms with E-state index in [0.717, 1.165) is 51.4 Å². The van der Waals surface area contributed by atoms with Gasteiger partial charge in [-0.25, -0.2) is 0 Å². The second-order valence-corrected chi connectivity index (χ2v) is 12.7. The zero-order chi connectivity index (χ0) is 31.1. The van der Waals surface area contributed by atoms with Crippen molar-refractivity contribution in [3.05, 3.63) is 145 Å². The number of furan rings is 1. The van der Waals surface area contributed by atoms with Crippen LogP contribution < -0.4 is 0 Å². The lowest BCUT2D eigenvalue weighted by molar-refractivity contribution is 0.654. The van der Waals surface area contributed by atoms with Crippen LogP contribution in [0.5, 0.6) is 0 Å².